The molecule has 3 heteroatoms. The van der Waals surface area contributed by atoms with Gasteiger partial charge in [-0.2, -0.15) is 0 Å². The molecule has 3 nitrogen and oxygen atoms in total. The summed E-state index contributed by atoms with van der Waals surface area (Å²) in [6.45, 7) is 2.20. The van der Waals surface area contributed by atoms with Gasteiger partial charge in [-0.1, -0.05) is 56.2 Å². The lowest BCUT2D eigenvalue weighted by Crippen LogP contribution is -2.03. The summed E-state index contributed by atoms with van der Waals surface area (Å²) in [5, 5.41) is 18.4. The van der Waals surface area contributed by atoms with Crippen molar-refractivity contribution >= 4 is 5.97 Å². The van der Waals surface area contributed by atoms with Gasteiger partial charge in [-0.15, -0.1) is 0 Å². The maximum absolute atomic E-state index is 10.3. The largest absolute Gasteiger partial charge is 0.481 e. The first-order valence-electron chi connectivity index (χ1n) is 9.01. The van der Waals surface area contributed by atoms with Crippen LogP contribution in [0, 0.1) is 0 Å². The van der Waals surface area contributed by atoms with Crippen molar-refractivity contribution in [2.75, 3.05) is 0 Å². The number of aliphatic hydroxyl groups excluding tert-OH is 1. The Hall–Kier alpha value is -1.35. The van der Waals surface area contributed by atoms with Gasteiger partial charge in [0, 0.05) is 6.42 Å². The van der Waals surface area contributed by atoms with Crippen LogP contribution in [0.4, 0.5) is 0 Å². The molecule has 0 aromatic carbocycles. The molecule has 0 bridgehead atoms. The van der Waals surface area contributed by atoms with Crippen molar-refractivity contribution in [2.24, 2.45) is 0 Å². The third-order valence-electron chi connectivity index (χ3n) is 3.58. The van der Waals surface area contributed by atoms with Gasteiger partial charge in [0.2, 0.25) is 0 Å². The van der Waals surface area contributed by atoms with Crippen molar-refractivity contribution in [3.63, 3.8) is 0 Å². The highest BCUT2D eigenvalue weighted by atomic mass is 16.4. The smallest absolute Gasteiger partial charge is 0.303 e. The van der Waals surface area contributed by atoms with Crippen molar-refractivity contribution < 1.29 is 15.0 Å². The standard InChI is InChI=1S/C20H34O3/c1-2-3-4-5-10-13-16-19(21)17-14-11-8-6-7-9-12-15-18-20(22)23/h7-11,13,19,21H,2-6,12,14-18H2,1H3,(H,22,23). The fraction of sp³-hybridized carbons (Fsp3) is 0.650. The predicted molar refractivity (Wildman–Crippen MR) is 97.5 cm³/mol. The predicted octanol–water partition coefficient (Wildman–Crippen LogP) is 5.41. The summed E-state index contributed by atoms with van der Waals surface area (Å²) >= 11 is 0. The SMILES string of the molecule is CCCCCC=CCC(O)CCC=CCC=CCCCC(=O)O. The second kappa shape index (κ2) is 17.0. The van der Waals surface area contributed by atoms with Gasteiger partial charge in [-0.25, -0.2) is 0 Å². The highest BCUT2D eigenvalue weighted by molar-refractivity contribution is 5.66. The number of aliphatic hydroxyl groups is 1. The molecule has 1 atom stereocenters. The maximum atomic E-state index is 10.3. The van der Waals surface area contributed by atoms with Crippen LogP contribution in [0.25, 0.3) is 0 Å². The molecule has 0 aromatic heterocycles. The summed E-state index contributed by atoms with van der Waals surface area (Å²) in [5.74, 6) is -0.729. The minimum atomic E-state index is -0.729. The Morgan fingerprint density at radius 1 is 0.913 bits per heavy atom. The minimum absolute atomic E-state index is 0.241. The number of carboxylic acid groups (broad SMARTS) is 1. The molecule has 1 unspecified atom stereocenters. The van der Waals surface area contributed by atoms with Crippen molar-refractivity contribution in [1.82, 2.24) is 0 Å². The molecule has 0 amide bonds. The Kier molecular flexibility index (Phi) is 16.0. The zero-order chi connectivity index (χ0) is 17.2. The van der Waals surface area contributed by atoms with Crippen LogP contribution in [0.15, 0.2) is 36.5 Å². The van der Waals surface area contributed by atoms with E-state index in [1.54, 1.807) is 0 Å². The van der Waals surface area contributed by atoms with Gasteiger partial charge in [0.15, 0.2) is 0 Å². The Morgan fingerprint density at radius 2 is 1.57 bits per heavy atom. The number of aliphatic carboxylic acids is 1. The lowest BCUT2D eigenvalue weighted by Gasteiger charge is -2.05. The number of hydrogen-bond donors (Lipinski definition) is 2. The summed E-state index contributed by atoms with van der Waals surface area (Å²) < 4.78 is 0. The van der Waals surface area contributed by atoms with E-state index in [4.69, 9.17) is 5.11 Å². The van der Waals surface area contributed by atoms with Crippen LogP contribution in [0.1, 0.15) is 77.6 Å². The normalized spacial score (nSPS) is 13.5. The maximum Gasteiger partial charge on any atom is 0.303 e. The quantitative estimate of drug-likeness (QED) is 0.313. The average Bonchev–Trinajstić information content (AvgIpc) is 2.52. The third-order valence-corrected chi connectivity index (χ3v) is 3.58. The van der Waals surface area contributed by atoms with Crippen molar-refractivity contribution in [2.45, 2.75) is 83.7 Å². The van der Waals surface area contributed by atoms with Crippen LogP contribution in [-0.4, -0.2) is 22.3 Å². The Labute approximate surface area is 141 Å². The molecule has 0 radical (unpaired) electrons. The Morgan fingerprint density at radius 3 is 2.26 bits per heavy atom. The average molecular weight is 322 g/mol. The summed E-state index contributed by atoms with van der Waals surface area (Å²) in [5.41, 5.74) is 0. The molecule has 0 aliphatic heterocycles. The number of rotatable bonds is 15. The van der Waals surface area contributed by atoms with Gasteiger partial charge in [-0.05, 0) is 51.4 Å². The number of carboxylic acids is 1. The van der Waals surface area contributed by atoms with E-state index in [9.17, 15) is 9.90 Å². The number of allylic oxidation sites excluding steroid dienone is 5. The van der Waals surface area contributed by atoms with Gasteiger partial charge in [0.05, 0.1) is 6.10 Å². The van der Waals surface area contributed by atoms with Crippen LogP contribution in [0.3, 0.4) is 0 Å². The van der Waals surface area contributed by atoms with Gasteiger partial charge >= 0.3 is 5.97 Å². The van der Waals surface area contributed by atoms with E-state index in [-0.39, 0.29) is 12.5 Å². The van der Waals surface area contributed by atoms with Crippen molar-refractivity contribution in [3.8, 4) is 0 Å². The lowest BCUT2D eigenvalue weighted by atomic mass is 10.1. The molecular weight excluding hydrogens is 288 g/mol. The first-order chi connectivity index (χ1) is 11.2. The molecule has 0 heterocycles. The molecular formula is C20H34O3. The summed E-state index contributed by atoms with van der Waals surface area (Å²) in [6.07, 6.45) is 22.3. The van der Waals surface area contributed by atoms with E-state index in [2.05, 4.69) is 37.3 Å². The third kappa shape index (κ3) is 18.6. The Bertz CT molecular complexity index is 356. The van der Waals surface area contributed by atoms with E-state index < -0.39 is 5.97 Å². The molecule has 132 valence electrons. The molecule has 0 spiro atoms. The molecule has 0 fully saturated rings. The molecule has 0 aliphatic carbocycles. The van der Waals surface area contributed by atoms with E-state index in [1.807, 2.05) is 6.08 Å². The zero-order valence-electron chi connectivity index (χ0n) is 14.6. The van der Waals surface area contributed by atoms with Crippen molar-refractivity contribution in [3.05, 3.63) is 36.5 Å². The van der Waals surface area contributed by atoms with E-state index in [0.717, 1.165) is 38.5 Å². The van der Waals surface area contributed by atoms with Crippen LogP contribution < -0.4 is 0 Å². The van der Waals surface area contributed by atoms with Crippen LogP contribution in [-0.2, 0) is 4.79 Å². The highest BCUT2D eigenvalue weighted by Crippen LogP contribution is 2.06. The van der Waals surface area contributed by atoms with Crippen LogP contribution in [0.2, 0.25) is 0 Å². The molecule has 0 rings (SSSR count). The number of hydrogen-bond acceptors (Lipinski definition) is 2. The molecule has 2 N–H and O–H groups in total. The fourth-order valence-corrected chi connectivity index (χ4v) is 2.17. The fourth-order valence-electron chi connectivity index (χ4n) is 2.17. The molecule has 0 saturated heterocycles. The lowest BCUT2D eigenvalue weighted by molar-refractivity contribution is -0.137. The van der Waals surface area contributed by atoms with E-state index in [0.29, 0.717) is 6.42 Å². The zero-order valence-corrected chi connectivity index (χ0v) is 14.6. The summed E-state index contributed by atoms with van der Waals surface area (Å²) in [6, 6.07) is 0. The monoisotopic (exact) mass is 322 g/mol. The first kappa shape index (κ1) is 21.6. The van der Waals surface area contributed by atoms with Crippen molar-refractivity contribution in [1.29, 1.82) is 0 Å². The molecule has 23 heavy (non-hydrogen) atoms. The minimum Gasteiger partial charge on any atom is -0.481 e. The highest BCUT2D eigenvalue weighted by Gasteiger charge is 1.98. The molecule has 0 aliphatic rings. The van der Waals surface area contributed by atoms with Crippen LogP contribution in [0.5, 0.6) is 0 Å². The van der Waals surface area contributed by atoms with Crippen LogP contribution >= 0.6 is 0 Å². The number of carbonyl (C=O) groups is 1. The summed E-state index contributed by atoms with van der Waals surface area (Å²) in [7, 11) is 0. The second-order valence-electron chi connectivity index (χ2n) is 5.90. The van der Waals surface area contributed by atoms with Gasteiger partial charge in [0.1, 0.15) is 0 Å². The first-order valence-corrected chi connectivity index (χ1v) is 9.01. The summed E-state index contributed by atoms with van der Waals surface area (Å²) in [4.78, 5) is 10.3. The molecule has 0 saturated carbocycles. The second-order valence-corrected chi connectivity index (χ2v) is 5.90. The van der Waals surface area contributed by atoms with E-state index >= 15 is 0 Å². The Balaban J connectivity index is 3.47. The van der Waals surface area contributed by atoms with Gasteiger partial charge < -0.3 is 10.2 Å². The van der Waals surface area contributed by atoms with E-state index in [1.165, 1.54) is 19.3 Å². The molecule has 0 aromatic rings. The number of unbranched alkanes of at least 4 members (excludes halogenated alkanes) is 4. The van der Waals surface area contributed by atoms with Gasteiger partial charge in [0.25, 0.3) is 0 Å². The topological polar surface area (TPSA) is 57.5 Å². The van der Waals surface area contributed by atoms with Gasteiger partial charge in [-0.3, -0.25) is 4.79 Å².